The van der Waals surface area contributed by atoms with Crippen molar-refractivity contribution >= 4 is 21.3 Å². The van der Waals surface area contributed by atoms with Crippen LogP contribution < -0.4 is 0 Å². The number of aliphatic hydroxyl groups is 1. The van der Waals surface area contributed by atoms with Crippen LogP contribution in [0.15, 0.2) is 15.7 Å². The Balaban J connectivity index is 3.16. The summed E-state index contributed by atoms with van der Waals surface area (Å²) in [6.07, 6.45) is 2.30. The minimum Gasteiger partial charge on any atom is -0.493 e. The van der Waals surface area contributed by atoms with Gasteiger partial charge in [0.1, 0.15) is 5.76 Å². The molecule has 5 heteroatoms. The highest BCUT2D eigenvalue weighted by Crippen LogP contribution is 2.13. The van der Waals surface area contributed by atoms with E-state index in [0.717, 1.165) is 0 Å². The molecule has 14 heavy (non-hydrogen) atoms. The van der Waals surface area contributed by atoms with Crippen LogP contribution in [-0.4, -0.2) is 39.9 Å². The van der Waals surface area contributed by atoms with Crippen LogP contribution in [0.5, 0.6) is 0 Å². The highest BCUT2D eigenvalue weighted by atomic mass is 32.2. The molecule has 0 saturated heterocycles. The van der Waals surface area contributed by atoms with Gasteiger partial charge in [0.2, 0.25) is 0 Å². The third-order valence-corrected chi connectivity index (χ3v) is 2.94. The Bertz CT molecular complexity index is 387. The van der Waals surface area contributed by atoms with E-state index < -0.39 is 15.8 Å². The first-order valence-corrected chi connectivity index (χ1v) is 6.39. The largest absolute Gasteiger partial charge is 0.493 e. The van der Waals surface area contributed by atoms with Crippen LogP contribution >= 0.6 is 0 Å². The molecule has 1 aliphatic heterocycles. The van der Waals surface area contributed by atoms with Crippen molar-refractivity contribution in [3.63, 3.8) is 0 Å². The molecule has 0 fully saturated rings. The van der Waals surface area contributed by atoms with E-state index in [1.54, 1.807) is 6.92 Å². The van der Waals surface area contributed by atoms with Crippen LogP contribution in [0.3, 0.4) is 0 Å². The van der Waals surface area contributed by atoms with E-state index in [9.17, 15) is 9.32 Å². The summed E-state index contributed by atoms with van der Waals surface area (Å²) in [5, 5.41) is 10.9. The lowest BCUT2D eigenvalue weighted by molar-refractivity contribution is 0.212. The van der Waals surface area contributed by atoms with Gasteiger partial charge in [0.05, 0.1) is 27.8 Å². The average molecular weight is 217 g/mol. The Labute approximate surface area is 84.4 Å². The maximum Gasteiger partial charge on any atom is 0.136 e. The number of hydrogen-bond acceptors (Lipinski definition) is 3. The van der Waals surface area contributed by atoms with Crippen molar-refractivity contribution in [2.75, 3.05) is 12.9 Å². The number of aliphatic hydroxyl groups excluding tert-OH is 1. The minimum atomic E-state index is -2.32. The normalized spacial score (nSPS) is 28.6. The third kappa shape index (κ3) is 2.59. The lowest BCUT2D eigenvalue weighted by Gasteiger charge is -2.15. The number of allylic oxidation sites excluding steroid dienone is 1. The summed E-state index contributed by atoms with van der Waals surface area (Å²) < 4.78 is 20.7. The molecule has 1 unspecified atom stereocenters. The summed E-state index contributed by atoms with van der Waals surface area (Å²) >= 11 is 0. The quantitative estimate of drug-likeness (QED) is 0.695. The zero-order valence-corrected chi connectivity index (χ0v) is 9.37. The van der Waals surface area contributed by atoms with Gasteiger partial charge in [-0.25, -0.2) is 8.61 Å². The second kappa shape index (κ2) is 4.14. The maximum atomic E-state index is 11.6. The molecule has 4 nitrogen and oxygen atoms in total. The van der Waals surface area contributed by atoms with Gasteiger partial charge in [-0.2, -0.15) is 0 Å². The van der Waals surface area contributed by atoms with Crippen LogP contribution in [-0.2, 0) is 14.4 Å². The van der Waals surface area contributed by atoms with Gasteiger partial charge in [-0.15, -0.1) is 0 Å². The van der Waals surface area contributed by atoms with E-state index in [0.29, 0.717) is 17.9 Å². The zero-order chi connectivity index (χ0) is 10.8. The molecule has 0 saturated carbocycles. The molecule has 1 aliphatic rings. The molecule has 80 valence electrons. The maximum absolute atomic E-state index is 11.6. The second-order valence-corrected chi connectivity index (χ2v) is 5.31. The Hall–Kier alpha value is -0.810. The van der Waals surface area contributed by atoms with Crippen molar-refractivity contribution in [3.8, 4) is 0 Å². The van der Waals surface area contributed by atoms with Gasteiger partial charge in [-0.05, 0) is 13.8 Å². The lowest BCUT2D eigenvalue weighted by atomic mass is 10.1. The lowest BCUT2D eigenvalue weighted by Crippen LogP contribution is -2.18. The summed E-state index contributed by atoms with van der Waals surface area (Å²) in [6.45, 7) is 3.94. The Morgan fingerprint density at radius 1 is 1.71 bits per heavy atom. The average Bonchev–Trinajstić information content (AvgIpc) is 2.02. The third-order valence-electron chi connectivity index (χ3n) is 1.76. The number of ether oxygens (including phenoxy) is 1. The molecular formula is C9H15NO3S. The van der Waals surface area contributed by atoms with Crippen LogP contribution in [0.4, 0.5) is 0 Å². The predicted molar refractivity (Wildman–Crippen MR) is 59.0 cm³/mol. The molecule has 2 atom stereocenters. The molecule has 0 spiro atoms. The van der Waals surface area contributed by atoms with E-state index in [1.165, 1.54) is 17.8 Å². The molecule has 0 amide bonds. The molecule has 0 aromatic rings. The molecular weight excluding hydrogens is 202 g/mol. The Morgan fingerprint density at radius 3 is 2.86 bits per heavy atom. The summed E-state index contributed by atoms with van der Waals surface area (Å²) in [7, 11) is -2.32. The van der Waals surface area contributed by atoms with Gasteiger partial charge in [-0.3, -0.25) is 0 Å². The van der Waals surface area contributed by atoms with E-state index in [2.05, 4.69) is 4.40 Å². The molecule has 0 aliphatic carbocycles. The summed E-state index contributed by atoms with van der Waals surface area (Å²) in [4.78, 5) is 0. The molecule has 1 N–H and O–H groups in total. The van der Waals surface area contributed by atoms with Gasteiger partial charge in [0, 0.05) is 18.0 Å². The van der Waals surface area contributed by atoms with E-state index in [4.69, 9.17) is 4.74 Å². The van der Waals surface area contributed by atoms with E-state index in [1.807, 2.05) is 6.92 Å². The van der Waals surface area contributed by atoms with E-state index in [-0.39, 0.29) is 0 Å². The van der Waals surface area contributed by atoms with Gasteiger partial charge in [-0.1, -0.05) is 0 Å². The Morgan fingerprint density at radius 2 is 2.36 bits per heavy atom. The van der Waals surface area contributed by atoms with Crippen LogP contribution in [0.1, 0.15) is 13.8 Å². The predicted octanol–water partition coefficient (Wildman–Crippen LogP) is 0.374. The van der Waals surface area contributed by atoms with Crippen molar-refractivity contribution in [2.24, 2.45) is 4.40 Å². The van der Waals surface area contributed by atoms with Crippen LogP contribution in [0.25, 0.3) is 0 Å². The monoisotopic (exact) mass is 217 g/mol. The number of hydrogen-bond donors (Lipinski definition) is 1. The standard InChI is InChI=1S/C9H15NO3S/c1-4-13-9-6-14(3,12)10-5-8(9)7(2)11/h5-7,11H,4H2,1-3H3/t7-,14?/m1/s1. The van der Waals surface area contributed by atoms with E-state index >= 15 is 0 Å². The van der Waals surface area contributed by atoms with Crippen molar-refractivity contribution in [1.29, 1.82) is 0 Å². The topological polar surface area (TPSA) is 58.9 Å². The SMILES string of the molecule is CCOC1=C([C@@H](C)O)C=NS(C)(=O)=C1. The van der Waals surface area contributed by atoms with Crippen LogP contribution in [0.2, 0.25) is 0 Å². The Kier molecular flexibility index (Phi) is 3.34. The smallest absolute Gasteiger partial charge is 0.136 e. The van der Waals surface area contributed by atoms with Crippen LogP contribution in [0, 0.1) is 0 Å². The minimum absolute atomic E-state index is 0.477. The highest BCUT2D eigenvalue weighted by Gasteiger charge is 2.15. The molecule has 0 aromatic carbocycles. The van der Waals surface area contributed by atoms with Gasteiger partial charge in [0.15, 0.2) is 0 Å². The van der Waals surface area contributed by atoms with Crippen molar-refractivity contribution in [3.05, 3.63) is 11.3 Å². The molecule has 1 heterocycles. The summed E-state index contributed by atoms with van der Waals surface area (Å²) in [5.74, 6) is 0.477. The van der Waals surface area contributed by atoms with Crippen molar-refractivity contribution < 1.29 is 14.1 Å². The first kappa shape index (κ1) is 11.3. The molecule has 0 aromatic heterocycles. The zero-order valence-electron chi connectivity index (χ0n) is 8.56. The van der Waals surface area contributed by atoms with Crippen molar-refractivity contribution in [2.45, 2.75) is 20.0 Å². The molecule has 0 radical (unpaired) electrons. The summed E-state index contributed by atoms with van der Waals surface area (Å²) in [6, 6.07) is 0. The first-order valence-electron chi connectivity index (χ1n) is 4.40. The fourth-order valence-corrected chi connectivity index (χ4v) is 2.09. The van der Waals surface area contributed by atoms with Gasteiger partial charge < -0.3 is 9.84 Å². The fraction of sp³-hybridized carbons (Fsp3) is 0.556. The summed E-state index contributed by atoms with van der Waals surface area (Å²) in [5.41, 5.74) is 0.577. The van der Waals surface area contributed by atoms with Gasteiger partial charge in [0.25, 0.3) is 0 Å². The highest BCUT2D eigenvalue weighted by molar-refractivity contribution is 7.99. The van der Waals surface area contributed by atoms with Crippen molar-refractivity contribution in [1.82, 2.24) is 0 Å². The number of nitrogens with zero attached hydrogens (tertiary/aromatic N) is 1. The number of rotatable bonds is 3. The molecule has 0 bridgehead atoms. The van der Waals surface area contributed by atoms with Gasteiger partial charge >= 0.3 is 0 Å². The fourth-order valence-electron chi connectivity index (χ4n) is 1.11. The second-order valence-electron chi connectivity index (χ2n) is 3.14. The first-order chi connectivity index (χ1) is 6.46. The molecule has 1 rings (SSSR count).